The first-order chi connectivity index (χ1) is 6.43. The molecule has 0 aliphatic carbocycles. The third kappa shape index (κ3) is 5.58. The van der Waals surface area contributed by atoms with E-state index >= 15 is 0 Å². The van der Waals surface area contributed by atoms with Crippen LogP contribution in [-0.4, -0.2) is 22.8 Å². The minimum atomic E-state index is -0.462. The van der Waals surface area contributed by atoms with Gasteiger partial charge in [-0.05, 0) is 26.2 Å². The van der Waals surface area contributed by atoms with Crippen LogP contribution in [0.4, 0.5) is 0 Å². The van der Waals surface area contributed by atoms with E-state index in [2.05, 4.69) is 6.92 Å². The maximum atomic E-state index is 9.81. The Bertz CT molecular complexity index is 148. The second-order valence-corrected chi connectivity index (χ2v) is 4.59. The van der Waals surface area contributed by atoms with E-state index in [-0.39, 0.29) is 11.6 Å². The molecule has 5 N–H and O–H groups in total. The second kappa shape index (κ2) is 6.38. The van der Waals surface area contributed by atoms with Crippen molar-refractivity contribution in [2.45, 2.75) is 70.6 Å². The molecule has 0 aliphatic heterocycles. The number of aliphatic hydroxyl groups excluding tert-OH is 1. The van der Waals surface area contributed by atoms with Gasteiger partial charge in [0.15, 0.2) is 0 Å². The SMILES string of the molecule is CCCCC(N)C(O)CC(C)(N)CC. The molecule has 86 valence electrons. The summed E-state index contributed by atoms with van der Waals surface area (Å²) in [5.74, 6) is 0. The van der Waals surface area contributed by atoms with Crippen molar-refractivity contribution in [2.75, 3.05) is 0 Å². The van der Waals surface area contributed by atoms with Crippen molar-refractivity contribution in [2.24, 2.45) is 11.5 Å². The van der Waals surface area contributed by atoms with Crippen molar-refractivity contribution < 1.29 is 5.11 Å². The van der Waals surface area contributed by atoms with E-state index in [1.807, 2.05) is 13.8 Å². The van der Waals surface area contributed by atoms with Crippen LogP contribution in [0.2, 0.25) is 0 Å². The fraction of sp³-hybridized carbons (Fsp3) is 1.00. The van der Waals surface area contributed by atoms with Gasteiger partial charge in [0.1, 0.15) is 0 Å². The van der Waals surface area contributed by atoms with E-state index < -0.39 is 6.10 Å². The maximum Gasteiger partial charge on any atom is 0.0708 e. The summed E-state index contributed by atoms with van der Waals surface area (Å²) in [4.78, 5) is 0. The van der Waals surface area contributed by atoms with E-state index in [1.165, 1.54) is 0 Å². The van der Waals surface area contributed by atoms with Crippen molar-refractivity contribution in [3.8, 4) is 0 Å². The van der Waals surface area contributed by atoms with E-state index in [1.54, 1.807) is 0 Å². The first-order valence-corrected chi connectivity index (χ1v) is 5.65. The summed E-state index contributed by atoms with van der Waals surface area (Å²) in [5, 5.41) is 9.81. The van der Waals surface area contributed by atoms with Crippen LogP contribution in [0.3, 0.4) is 0 Å². The van der Waals surface area contributed by atoms with Crippen LogP contribution in [0.25, 0.3) is 0 Å². The molecular weight excluding hydrogens is 176 g/mol. The Hall–Kier alpha value is -0.120. The molecular formula is C11H26N2O. The standard InChI is InChI=1S/C11H26N2O/c1-4-6-7-9(12)10(14)8-11(3,13)5-2/h9-10,14H,4-8,12-13H2,1-3H3. The number of rotatable bonds is 7. The quantitative estimate of drug-likeness (QED) is 0.584. The Morgan fingerprint density at radius 1 is 1.36 bits per heavy atom. The fourth-order valence-corrected chi connectivity index (χ4v) is 1.41. The van der Waals surface area contributed by atoms with E-state index in [9.17, 15) is 5.11 Å². The lowest BCUT2D eigenvalue weighted by Gasteiger charge is -2.28. The number of hydrogen-bond donors (Lipinski definition) is 3. The smallest absolute Gasteiger partial charge is 0.0708 e. The van der Waals surface area contributed by atoms with Crippen LogP contribution in [-0.2, 0) is 0 Å². The topological polar surface area (TPSA) is 72.3 Å². The Kier molecular flexibility index (Phi) is 6.33. The summed E-state index contributed by atoms with van der Waals surface area (Å²) < 4.78 is 0. The molecule has 0 rings (SSSR count). The highest BCUT2D eigenvalue weighted by Gasteiger charge is 2.24. The Morgan fingerprint density at radius 3 is 2.36 bits per heavy atom. The van der Waals surface area contributed by atoms with E-state index in [0.717, 1.165) is 25.7 Å². The van der Waals surface area contributed by atoms with Gasteiger partial charge in [-0.15, -0.1) is 0 Å². The highest BCUT2D eigenvalue weighted by molar-refractivity contribution is 4.84. The molecule has 0 heterocycles. The summed E-state index contributed by atoms with van der Waals surface area (Å²) >= 11 is 0. The molecule has 0 aliphatic rings. The molecule has 0 saturated carbocycles. The van der Waals surface area contributed by atoms with E-state index in [4.69, 9.17) is 11.5 Å². The normalized spacial score (nSPS) is 20.1. The van der Waals surface area contributed by atoms with Crippen molar-refractivity contribution in [1.29, 1.82) is 0 Å². The average Bonchev–Trinajstić information content (AvgIpc) is 2.13. The highest BCUT2D eigenvalue weighted by Crippen LogP contribution is 2.16. The second-order valence-electron chi connectivity index (χ2n) is 4.59. The number of unbranched alkanes of at least 4 members (excludes halogenated alkanes) is 1. The minimum Gasteiger partial charge on any atom is -0.391 e. The molecule has 0 fully saturated rings. The average molecular weight is 202 g/mol. The minimum absolute atomic E-state index is 0.121. The summed E-state index contributed by atoms with van der Waals surface area (Å²) in [6.45, 7) is 6.12. The van der Waals surface area contributed by atoms with Gasteiger partial charge in [-0.1, -0.05) is 26.7 Å². The van der Waals surface area contributed by atoms with E-state index in [0.29, 0.717) is 6.42 Å². The van der Waals surface area contributed by atoms with Gasteiger partial charge < -0.3 is 16.6 Å². The summed E-state index contributed by atoms with van der Waals surface area (Å²) in [6, 6.07) is -0.121. The summed E-state index contributed by atoms with van der Waals surface area (Å²) in [5.41, 5.74) is 11.5. The molecule has 0 amide bonds. The summed E-state index contributed by atoms with van der Waals surface area (Å²) in [7, 11) is 0. The monoisotopic (exact) mass is 202 g/mol. The Morgan fingerprint density at radius 2 is 1.93 bits per heavy atom. The van der Waals surface area contributed by atoms with Gasteiger partial charge in [-0.3, -0.25) is 0 Å². The highest BCUT2D eigenvalue weighted by atomic mass is 16.3. The van der Waals surface area contributed by atoms with Gasteiger partial charge in [0, 0.05) is 11.6 Å². The van der Waals surface area contributed by atoms with Crippen molar-refractivity contribution in [3.05, 3.63) is 0 Å². The number of hydrogen-bond acceptors (Lipinski definition) is 3. The van der Waals surface area contributed by atoms with Crippen LogP contribution in [0.15, 0.2) is 0 Å². The molecule has 3 unspecified atom stereocenters. The van der Waals surface area contributed by atoms with Crippen LogP contribution < -0.4 is 11.5 Å². The first kappa shape index (κ1) is 13.9. The molecule has 14 heavy (non-hydrogen) atoms. The third-order valence-corrected chi connectivity index (χ3v) is 2.87. The van der Waals surface area contributed by atoms with Gasteiger partial charge in [-0.25, -0.2) is 0 Å². The molecule has 0 radical (unpaired) electrons. The Balaban J connectivity index is 3.87. The third-order valence-electron chi connectivity index (χ3n) is 2.87. The maximum absolute atomic E-state index is 9.81. The lowest BCUT2D eigenvalue weighted by atomic mass is 9.89. The lowest BCUT2D eigenvalue weighted by Crippen LogP contribution is -2.45. The van der Waals surface area contributed by atoms with Crippen molar-refractivity contribution in [1.82, 2.24) is 0 Å². The zero-order valence-corrected chi connectivity index (χ0v) is 9.79. The van der Waals surface area contributed by atoms with Gasteiger partial charge in [0.2, 0.25) is 0 Å². The van der Waals surface area contributed by atoms with Gasteiger partial charge in [0.05, 0.1) is 6.10 Å². The number of nitrogens with two attached hydrogens (primary N) is 2. The predicted molar refractivity (Wildman–Crippen MR) is 61.0 cm³/mol. The molecule has 0 aromatic heterocycles. The molecule has 0 bridgehead atoms. The molecule has 0 spiro atoms. The van der Waals surface area contributed by atoms with Gasteiger partial charge in [-0.2, -0.15) is 0 Å². The first-order valence-electron chi connectivity index (χ1n) is 5.65. The molecule has 3 nitrogen and oxygen atoms in total. The van der Waals surface area contributed by atoms with Crippen molar-refractivity contribution in [3.63, 3.8) is 0 Å². The predicted octanol–water partition coefficient (Wildman–Crippen LogP) is 1.38. The molecule has 3 atom stereocenters. The molecule has 0 aromatic carbocycles. The number of aliphatic hydroxyl groups is 1. The van der Waals surface area contributed by atoms with Gasteiger partial charge in [0.25, 0.3) is 0 Å². The van der Waals surface area contributed by atoms with Crippen LogP contribution in [0.1, 0.15) is 52.9 Å². The fourth-order valence-electron chi connectivity index (χ4n) is 1.41. The van der Waals surface area contributed by atoms with Crippen molar-refractivity contribution >= 4 is 0 Å². The largest absolute Gasteiger partial charge is 0.391 e. The molecule has 0 saturated heterocycles. The molecule has 0 aromatic rings. The summed E-state index contributed by atoms with van der Waals surface area (Å²) in [6.07, 6.45) is 4.08. The van der Waals surface area contributed by atoms with Crippen LogP contribution >= 0.6 is 0 Å². The lowest BCUT2D eigenvalue weighted by molar-refractivity contribution is 0.104. The zero-order valence-electron chi connectivity index (χ0n) is 9.79. The zero-order chi connectivity index (χ0) is 11.2. The van der Waals surface area contributed by atoms with Crippen LogP contribution in [0.5, 0.6) is 0 Å². The molecule has 3 heteroatoms. The van der Waals surface area contributed by atoms with Crippen LogP contribution in [0, 0.1) is 0 Å². The van der Waals surface area contributed by atoms with Gasteiger partial charge >= 0.3 is 0 Å². The Labute approximate surface area is 87.9 Å².